The first kappa shape index (κ1) is 49.8. The van der Waals surface area contributed by atoms with Gasteiger partial charge in [0.05, 0.1) is 12.6 Å². The van der Waals surface area contributed by atoms with Crippen molar-refractivity contribution in [3.8, 4) is 5.75 Å². The predicted octanol–water partition coefficient (Wildman–Crippen LogP) is -4.21. The molecule has 1 heterocycles. The zero-order valence-electron chi connectivity index (χ0n) is 33.3. The number of aromatic hydroxyl groups is 1. The largest absolute Gasteiger partial charge is 0.508 e. The number of primary amides is 1. The summed E-state index contributed by atoms with van der Waals surface area (Å²) in [5, 5.41) is 42.6. The molecule has 0 unspecified atom stereocenters. The van der Waals surface area contributed by atoms with Crippen LogP contribution in [0.15, 0.2) is 24.3 Å². The van der Waals surface area contributed by atoms with Gasteiger partial charge in [-0.3, -0.25) is 47.9 Å². The van der Waals surface area contributed by atoms with E-state index in [9.17, 15) is 58.2 Å². The lowest BCUT2D eigenvalue weighted by atomic mass is 10.0. The van der Waals surface area contributed by atoms with Crippen molar-refractivity contribution in [3.63, 3.8) is 0 Å². The molecule has 0 saturated carbocycles. The number of benzene rings is 1. The van der Waals surface area contributed by atoms with Crippen molar-refractivity contribution in [2.75, 3.05) is 26.2 Å². The molecule has 1 aromatic carbocycles. The number of carbonyl (C=O) groups is 10. The summed E-state index contributed by atoms with van der Waals surface area (Å²) in [6, 6.07) is -2.10. The maximum Gasteiger partial charge on any atom is 0.322 e. The number of rotatable bonds is 26. The Morgan fingerprint density at radius 3 is 1.97 bits per heavy atom. The zero-order chi connectivity index (χ0) is 44.9. The molecule has 15 N–H and O–H groups in total. The van der Waals surface area contributed by atoms with Crippen LogP contribution >= 0.6 is 0 Å². The van der Waals surface area contributed by atoms with Crippen molar-refractivity contribution in [3.05, 3.63) is 29.8 Å². The Hall–Kier alpha value is -6.36. The summed E-state index contributed by atoms with van der Waals surface area (Å²) in [5.74, 6) is -9.06. The summed E-state index contributed by atoms with van der Waals surface area (Å²) in [5.41, 5.74) is 16.8. The first-order chi connectivity index (χ1) is 28.3. The van der Waals surface area contributed by atoms with E-state index < -0.39 is 121 Å². The number of nitrogens with one attached hydrogen (secondary N) is 6. The van der Waals surface area contributed by atoms with Crippen molar-refractivity contribution in [2.24, 2.45) is 17.2 Å². The maximum absolute atomic E-state index is 13.9. The van der Waals surface area contributed by atoms with E-state index in [-0.39, 0.29) is 50.9 Å². The second-order valence-electron chi connectivity index (χ2n) is 14.2. The van der Waals surface area contributed by atoms with Crippen LogP contribution in [-0.2, 0) is 54.4 Å². The van der Waals surface area contributed by atoms with Crippen LogP contribution in [0.3, 0.4) is 0 Å². The van der Waals surface area contributed by atoms with Gasteiger partial charge in [0.1, 0.15) is 42.5 Å². The van der Waals surface area contributed by atoms with Gasteiger partial charge in [-0.05, 0) is 76.1 Å². The molecule has 6 atom stereocenters. The van der Waals surface area contributed by atoms with Crippen LogP contribution in [0.4, 0.5) is 0 Å². The van der Waals surface area contributed by atoms with Gasteiger partial charge in [0.2, 0.25) is 47.3 Å². The third-order valence-corrected chi connectivity index (χ3v) is 9.33. The van der Waals surface area contributed by atoms with Gasteiger partial charge >= 0.3 is 11.9 Å². The molecule has 2 rings (SSSR count). The average molecular weight is 849 g/mol. The summed E-state index contributed by atoms with van der Waals surface area (Å²) in [4.78, 5) is 127. The van der Waals surface area contributed by atoms with Crippen LogP contribution in [0.1, 0.15) is 70.3 Å². The van der Waals surface area contributed by atoms with Crippen LogP contribution in [0, 0.1) is 0 Å². The van der Waals surface area contributed by atoms with Gasteiger partial charge in [0, 0.05) is 25.8 Å². The van der Waals surface area contributed by atoms with E-state index in [0.717, 1.165) is 0 Å². The standard InChI is InChI=1S/C37H56N10O13/c1-20(37(60)47-16-4-6-27(47)36(59)42-19-31(53)54)43-35(58)26(17-21-7-9-22(48)10-8-21)46-34(57)25(12-14-30(51)52)45-33(56)24(5-2-3-15-38)44-29(50)18-41-32(55)23(39)11-13-28(40)49/h7-10,20,23-27,48H,2-6,11-19,38-39H2,1H3,(H2,40,49)(H,41,55)(H,42,59)(H,43,58)(H,44,50)(H,45,56)(H,46,57)(H,51,52)(H,53,54)/t20-,23-,24-,25-,26-,27-/m0/s1. The second kappa shape index (κ2) is 25.2. The summed E-state index contributed by atoms with van der Waals surface area (Å²) >= 11 is 0. The maximum atomic E-state index is 13.9. The summed E-state index contributed by atoms with van der Waals surface area (Å²) in [6.45, 7) is 0.482. The van der Waals surface area contributed by atoms with Crippen LogP contribution in [-0.4, -0.2) is 142 Å². The smallest absolute Gasteiger partial charge is 0.322 e. The molecule has 0 bridgehead atoms. The lowest BCUT2D eigenvalue weighted by Gasteiger charge is -2.29. The topological polar surface area (TPSA) is 385 Å². The number of carbonyl (C=O) groups excluding carboxylic acids is 8. The number of phenolic OH excluding ortho intramolecular Hbond substituents is 1. The van der Waals surface area contributed by atoms with Crippen molar-refractivity contribution >= 4 is 59.2 Å². The van der Waals surface area contributed by atoms with Crippen molar-refractivity contribution in [1.82, 2.24) is 36.8 Å². The number of nitrogens with zero attached hydrogens (tertiary/aromatic N) is 1. The molecule has 23 heteroatoms. The quantitative estimate of drug-likeness (QED) is 0.0393. The van der Waals surface area contributed by atoms with Crippen LogP contribution < -0.4 is 49.1 Å². The third kappa shape index (κ3) is 17.6. The highest BCUT2D eigenvalue weighted by Gasteiger charge is 2.37. The molecule has 1 saturated heterocycles. The van der Waals surface area contributed by atoms with E-state index in [4.69, 9.17) is 22.3 Å². The number of phenols is 1. The number of nitrogens with two attached hydrogens (primary N) is 3. The molecule has 8 amide bonds. The lowest BCUT2D eigenvalue weighted by Crippen LogP contribution is -2.59. The molecular formula is C37H56N10O13. The highest BCUT2D eigenvalue weighted by molar-refractivity contribution is 5.97. The second-order valence-corrected chi connectivity index (χ2v) is 14.2. The zero-order valence-corrected chi connectivity index (χ0v) is 33.3. The van der Waals surface area contributed by atoms with Crippen molar-refractivity contribution in [2.45, 2.75) is 107 Å². The Morgan fingerprint density at radius 2 is 1.37 bits per heavy atom. The van der Waals surface area contributed by atoms with Gasteiger partial charge in [-0.1, -0.05) is 12.1 Å². The Balaban J connectivity index is 2.28. The van der Waals surface area contributed by atoms with Gasteiger partial charge in [-0.2, -0.15) is 0 Å². The molecule has 1 aliphatic rings. The molecule has 0 radical (unpaired) electrons. The minimum atomic E-state index is -1.57. The lowest BCUT2D eigenvalue weighted by molar-refractivity contribution is -0.142. The first-order valence-corrected chi connectivity index (χ1v) is 19.3. The fourth-order valence-electron chi connectivity index (χ4n) is 6.10. The number of unbranched alkanes of at least 4 members (excludes halogenated alkanes) is 1. The van der Waals surface area contributed by atoms with E-state index in [1.807, 2.05) is 0 Å². The first-order valence-electron chi connectivity index (χ1n) is 19.3. The SMILES string of the molecule is C[C@H](NC(=O)[C@H](Cc1ccc(O)cc1)NC(=O)[C@H](CCC(=O)O)NC(=O)[C@H](CCCCN)NC(=O)CNC(=O)[C@@H](N)CCC(N)=O)C(=O)N1CCC[C@H]1C(=O)NCC(=O)O. The average Bonchev–Trinajstić information content (AvgIpc) is 3.69. The van der Waals surface area contributed by atoms with E-state index in [2.05, 4.69) is 31.9 Å². The van der Waals surface area contributed by atoms with E-state index in [1.54, 1.807) is 0 Å². The predicted molar refractivity (Wildman–Crippen MR) is 210 cm³/mol. The summed E-state index contributed by atoms with van der Waals surface area (Å²) < 4.78 is 0. The number of likely N-dealkylation sites (tertiary alicyclic amines) is 1. The summed E-state index contributed by atoms with van der Waals surface area (Å²) in [7, 11) is 0. The normalized spacial score (nSPS) is 15.8. The van der Waals surface area contributed by atoms with Crippen LogP contribution in [0.25, 0.3) is 0 Å². The Bertz CT molecular complexity index is 1710. The molecule has 332 valence electrons. The number of carboxylic acid groups (broad SMARTS) is 2. The molecule has 1 fully saturated rings. The Kier molecular flexibility index (Phi) is 20.9. The van der Waals surface area contributed by atoms with Gasteiger partial charge in [-0.25, -0.2) is 0 Å². The van der Waals surface area contributed by atoms with Gasteiger partial charge in [0.15, 0.2) is 0 Å². The Labute approximate surface area is 345 Å². The third-order valence-electron chi connectivity index (χ3n) is 9.33. The van der Waals surface area contributed by atoms with Gasteiger partial charge in [0.25, 0.3) is 0 Å². The number of hydrogen-bond acceptors (Lipinski definition) is 13. The molecule has 0 aromatic heterocycles. The van der Waals surface area contributed by atoms with E-state index in [0.29, 0.717) is 24.8 Å². The minimum Gasteiger partial charge on any atom is -0.508 e. The minimum absolute atomic E-state index is 0.0189. The molecule has 1 aliphatic heterocycles. The van der Waals surface area contributed by atoms with Crippen molar-refractivity contribution < 1.29 is 63.3 Å². The van der Waals surface area contributed by atoms with Crippen LogP contribution in [0.2, 0.25) is 0 Å². The van der Waals surface area contributed by atoms with Crippen molar-refractivity contribution in [1.29, 1.82) is 0 Å². The number of amides is 8. The number of aliphatic carboxylic acids is 2. The van der Waals surface area contributed by atoms with E-state index >= 15 is 0 Å². The molecule has 0 spiro atoms. The highest BCUT2D eigenvalue weighted by Crippen LogP contribution is 2.19. The molecular weight excluding hydrogens is 792 g/mol. The molecule has 0 aliphatic carbocycles. The fourth-order valence-corrected chi connectivity index (χ4v) is 6.10. The van der Waals surface area contributed by atoms with Crippen LogP contribution in [0.5, 0.6) is 5.75 Å². The molecule has 23 nitrogen and oxygen atoms in total. The monoisotopic (exact) mass is 848 g/mol. The number of carboxylic acids is 2. The molecule has 60 heavy (non-hydrogen) atoms. The van der Waals surface area contributed by atoms with E-state index in [1.165, 1.54) is 36.1 Å². The summed E-state index contributed by atoms with van der Waals surface area (Å²) in [6.07, 6.45) is -0.0315. The van der Waals surface area contributed by atoms with Gasteiger partial charge < -0.3 is 69.3 Å². The fraction of sp³-hybridized carbons (Fsp3) is 0.568. The molecule has 1 aromatic rings. The Morgan fingerprint density at radius 1 is 0.750 bits per heavy atom. The number of hydrogen-bond donors (Lipinski definition) is 12. The van der Waals surface area contributed by atoms with Gasteiger partial charge in [-0.15, -0.1) is 0 Å². The highest BCUT2D eigenvalue weighted by atomic mass is 16.4.